The van der Waals surface area contributed by atoms with Crippen molar-refractivity contribution in [3.8, 4) is 0 Å². The smallest absolute Gasteiger partial charge is 0.167 e. The van der Waals surface area contributed by atoms with Crippen molar-refractivity contribution in [3.05, 3.63) is 42.2 Å². The monoisotopic (exact) mass is 562 g/mol. The number of aryl methyl sites for hydroxylation is 1. The maximum absolute atomic E-state index is 11.1. The Morgan fingerprint density at radius 2 is 1.93 bits per heavy atom. The zero-order valence-electron chi connectivity index (χ0n) is 23.9. The van der Waals surface area contributed by atoms with Gasteiger partial charge in [0.05, 0.1) is 11.8 Å². The van der Waals surface area contributed by atoms with Gasteiger partial charge in [-0.1, -0.05) is 26.8 Å². The number of hydrogen-bond acceptors (Lipinski definition) is 10. The molecule has 1 unspecified atom stereocenters. The molecular weight excluding hydrogens is 524 g/mol. The van der Waals surface area contributed by atoms with Gasteiger partial charge in [-0.2, -0.15) is 4.73 Å². The minimum absolute atomic E-state index is 0.0315. The van der Waals surface area contributed by atoms with Crippen molar-refractivity contribution in [3.63, 3.8) is 0 Å². The van der Waals surface area contributed by atoms with Crippen molar-refractivity contribution in [1.82, 2.24) is 34.1 Å². The molecule has 2 aliphatic heterocycles. The van der Waals surface area contributed by atoms with E-state index in [1.165, 1.54) is 16.6 Å². The number of rotatable bonds is 5. The van der Waals surface area contributed by atoms with Gasteiger partial charge in [-0.15, -0.1) is 0 Å². The Balaban J connectivity index is 0.972. The Bertz CT molecular complexity index is 1590. The number of fused-ring (bicyclic) bond motifs is 3. The largest absolute Gasteiger partial charge is 0.427 e. The number of aliphatic hydroxyl groups is 1. The predicted molar refractivity (Wildman–Crippen MR) is 151 cm³/mol. The summed E-state index contributed by atoms with van der Waals surface area (Å²) < 4.78 is 15.6. The highest BCUT2D eigenvalue weighted by Crippen LogP contribution is 2.42. The van der Waals surface area contributed by atoms with Crippen LogP contribution in [-0.4, -0.2) is 81.6 Å². The molecule has 12 heteroatoms. The lowest BCUT2D eigenvalue weighted by Gasteiger charge is -2.49. The minimum atomic E-state index is -0.857. The zero-order chi connectivity index (χ0) is 28.6. The standard InChI is InChI=1S/C29H38N8O4/c1-15-35(12-21-25(40-15)24(38)28(41-21)36-14-33-23-26(30)31-13-32-27(23)36)18-9-16(10-18)5-8-22-34-19-11-17(29(2,3)4)6-7-20(19)37(22)39/h6-7,11,13-16,18,21,24-25,28,38-39H,5,8-10,12H2,1-4H3,(H2,30,31,32)/t15?,16?,18?,21-,24-,25-,28-/m1/s1. The number of imidazole rings is 2. The molecule has 0 amide bonds. The molecular formula is C29H38N8O4. The highest BCUT2D eigenvalue weighted by molar-refractivity contribution is 5.81. The molecule has 3 fully saturated rings. The van der Waals surface area contributed by atoms with Crippen molar-refractivity contribution in [2.24, 2.45) is 5.92 Å². The number of aliphatic hydroxyl groups excluding tert-OH is 1. The molecule has 5 heterocycles. The van der Waals surface area contributed by atoms with Crippen LogP contribution in [0, 0.1) is 5.92 Å². The number of anilines is 1. The average molecular weight is 563 g/mol. The molecule has 5 atom stereocenters. The van der Waals surface area contributed by atoms with Crippen molar-refractivity contribution in [1.29, 1.82) is 0 Å². The Hall–Kier alpha value is -3.32. The van der Waals surface area contributed by atoms with Crippen LogP contribution in [0.1, 0.15) is 64.6 Å². The fourth-order valence-corrected chi connectivity index (χ4v) is 6.71. The molecule has 2 saturated heterocycles. The van der Waals surface area contributed by atoms with Crippen molar-refractivity contribution in [2.45, 2.75) is 95.6 Å². The second-order valence-electron chi connectivity index (χ2n) is 12.9. The first-order valence-corrected chi connectivity index (χ1v) is 14.5. The third kappa shape index (κ3) is 4.44. The number of hydrogen-bond donors (Lipinski definition) is 3. The van der Waals surface area contributed by atoms with Crippen LogP contribution < -0.4 is 5.73 Å². The van der Waals surface area contributed by atoms with Gasteiger partial charge in [-0.25, -0.2) is 19.9 Å². The van der Waals surface area contributed by atoms with E-state index in [1.807, 2.05) is 13.0 Å². The summed E-state index contributed by atoms with van der Waals surface area (Å²) in [6, 6.07) is 6.50. The van der Waals surface area contributed by atoms with Crippen LogP contribution in [0.2, 0.25) is 0 Å². The number of nitrogens with zero attached hydrogens (tertiary/aromatic N) is 7. The van der Waals surface area contributed by atoms with Gasteiger partial charge in [-0.3, -0.25) is 9.47 Å². The van der Waals surface area contributed by atoms with Crippen LogP contribution in [0.3, 0.4) is 0 Å². The lowest BCUT2D eigenvalue weighted by Crippen LogP contribution is -2.59. The third-order valence-electron chi connectivity index (χ3n) is 9.20. The number of aromatic nitrogens is 6. The summed E-state index contributed by atoms with van der Waals surface area (Å²) in [4.78, 5) is 19.7. The highest BCUT2D eigenvalue weighted by Gasteiger charge is 2.52. The first-order chi connectivity index (χ1) is 19.6. The minimum Gasteiger partial charge on any atom is -0.427 e. The lowest BCUT2D eigenvalue weighted by molar-refractivity contribution is -0.199. The molecule has 4 N–H and O–H groups in total. The van der Waals surface area contributed by atoms with Gasteiger partial charge in [0.1, 0.15) is 47.7 Å². The van der Waals surface area contributed by atoms with Gasteiger partial charge in [0.2, 0.25) is 0 Å². The molecule has 0 bridgehead atoms. The number of nitrogen functional groups attached to an aromatic ring is 1. The fourth-order valence-electron chi connectivity index (χ4n) is 6.71. The van der Waals surface area contributed by atoms with Gasteiger partial charge in [0.25, 0.3) is 0 Å². The molecule has 4 aromatic rings. The molecule has 218 valence electrons. The van der Waals surface area contributed by atoms with Crippen LogP contribution in [0.5, 0.6) is 0 Å². The summed E-state index contributed by atoms with van der Waals surface area (Å²) in [6.45, 7) is 9.27. The Labute approximate surface area is 238 Å². The summed E-state index contributed by atoms with van der Waals surface area (Å²) in [5.41, 5.74) is 9.79. The molecule has 7 rings (SSSR count). The average Bonchev–Trinajstić information content (AvgIpc) is 3.57. The Morgan fingerprint density at radius 1 is 1.12 bits per heavy atom. The summed E-state index contributed by atoms with van der Waals surface area (Å²) in [5.74, 6) is 1.56. The maximum atomic E-state index is 11.1. The SMILES string of the molecule is CC1O[C@H]2[C@@H](O)[C@H](n3cnc4c(N)ncnc43)O[C@@H]2CN1C1CC(CCc2nc3cc(C(C)(C)C)ccc3n2O)C1. The second kappa shape index (κ2) is 9.62. The van der Waals surface area contributed by atoms with E-state index in [4.69, 9.17) is 20.2 Å². The lowest BCUT2D eigenvalue weighted by atomic mass is 9.76. The van der Waals surface area contributed by atoms with E-state index in [1.54, 1.807) is 10.9 Å². The normalized spacial score (nSPS) is 30.6. The molecule has 12 nitrogen and oxygen atoms in total. The summed E-state index contributed by atoms with van der Waals surface area (Å²) in [5, 5.41) is 21.9. The molecule has 1 saturated carbocycles. The van der Waals surface area contributed by atoms with Crippen LogP contribution in [-0.2, 0) is 21.3 Å². The summed E-state index contributed by atoms with van der Waals surface area (Å²) in [6.07, 6.45) is 4.43. The Morgan fingerprint density at radius 3 is 2.71 bits per heavy atom. The Kier molecular flexibility index (Phi) is 6.23. The van der Waals surface area contributed by atoms with Crippen LogP contribution in [0.4, 0.5) is 5.82 Å². The van der Waals surface area contributed by atoms with E-state index in [9.17, 15) is 10.3 Å². The topological polar surface area (TPSA) is 150 Å². The van der Waals surface area contributed by atoms with Crippen LogP contribution in [0.15, 0.2) is 30.9 Å². The van der Waals surface area contributed by atoms with Gasteiger partial charge < -0.3 is 25.5 Å². The van der Waals surface area contributed by atoms with Crippen LogP contribution in [0.25, 0.3) is 22.2 Å². The van der Waals surface area contributed by atoms with Gasteiger partial charge in [0.15, 0.2) is 17.7 Å². The van der Waals surface area contributed by atoms with Crippen molar-refractivity contribution < 1.29 is 19.8 Å². The van der Waals surface area contributed by atoms with Crippen LogP contribution >= 0.6 is 0 Å². The van der Waals surface area contributed by atoms with Gasteiger partial charge in [0, 0.05) is 19.0 Å². The zero-order valence-corrected chi connectivity index (χ0v) is 23.9. The molecule has 1 aliphatic carbocycles. The number of ether oxygens (including phenoxy) is 2. The first kappa shape index (κ1) is 26.6. The van der Waals surface area contributed by atoms with Crippen molar-refractivity contribution in [2.75, 3.05) is 12.3 Å². The van der Waals surface area contributed by atoms with E-state index in [0.29, 0.717) is 41.3 Å². The maximum Gasteiger partial charge on any atom is 0.167 e. The fraction of sp³-hybridized carbons (Fsp3) is 0.586. The number of benzene rings is 1. The quantitative estimate of drug-likeness (QED) is 0.310. The first-order valence-electron chi connectivity index (χ1n) is 14.5. The second-order valence-corrected chi connectivity index (χ2v) is 12.9. The molecule has 41 heavy (non-hydrogen) atoms. The number of nitrogens with two attached hydrogens (primary N) is 1. The summed E-state index contributed by atoms with van der Waals surface area (Å²) in [7, 11) is 0. The van der Waals surface area contributed by atoms with E-state index >= 15 is 0 Å². The van der Waals surface area contributed by atoms with E-state index in [2.05, 4.69) is 52.8 Å². The predicted octanol–water partition coefficient (Wildman–Crippen LogP) is 3.01. The molecule has 0 spiro atoms. The summed E-state index contributed by atoms with van der Waals surface area (Å²) >= 11 is 0. The van der Waals surface area contributed by atoms with Gasteiger partial charge >= 0.3 is 0 Å². The van der Waals surface area contributed by atoms with E-state index < -0.39 is 18.4 Å². The molecule has 3 aromatic heterocycles. The molecule has 1 aromatic carbocycles. The van der Waals surface area contributed by atoms with E-state index in [0.717, 1.165) is 36.7 Å². The molecule has 3 aliphatic rings. The highest BCUT2D eigenvalue weighted by atomic mass is 16.6. The van der Waals surface area contributed by atoms with Gasteiger partial charge in [-0.05, 0) is 55.2 Å². The van der Waals surface area contributed by atoms with E-state index in [-0.39, 0.29) is 17.7 Å². The van der Waals surface area contributed by atoms with Crippen molar-refractivity contribution >= 4 is 28.0 Å². The third-order valence-corrected chi connectivity index (χ3v) is 9.20. The molecule has 0 radical (unpaired) electrons.